The number of nitro groups is 1. The molecule has 2 aromatic rings. The van der Waals surface area contributed by atoms with Gasteiger partial charge in [-0.1, -0.05) is 11.2 Å². The van der Waals surface area contributed by atoms with Crippen LogP contribution in [0.5, 0.6) is 0 Å². The standard InChI is InChI=1S/C11H11N5O4/c1-6-14-15-11(20-6)13-10(17)7-4-3-5-8(16(18)19)9(7)12-2/h3-5,12H,1-2H3,(H,13,15,17). The number of carbonyl (C=O) groups is 1. The van der Waals surface area contributed by atoms with Gasteiger partial charge in [0.1, 0.15) is 5.69 Å². The molecule has 0 aliphatic carbocycles. The van der Waals surface area contributed by atoms with Crippen LogP contribution in [0.4, 0.5) is 17.4 Å². The van der Waals surface area contributed by atoms with Gasteiger partial charge in [-0.25, -0.2) is 0 Å². The predicted octanol–water partition coefficient (Wildman–Crippen LogP) is 1.58. The molecule has 1 aromatic heterocycles. The van der Waals surface area contributed by atoms with Gasteiger partial charge >= 0.3 is 6.01 Å². The number of amides is 1. The highest BCUT2D eigenvalue weighted by Gasteiger charge is 2.21. The predicted molar refractivity (Wildman–Crippen MR) is 69.6 cm³/mol. The minimum Gasteiger partial charge on any atom is -0.408 e. The zero-order valence-electron chi connectivity index (χ0n) is 10.7. The number of benzene rings is 1. The molecule has 1 heterocycles. The third kappa shape index (κ3) is 2.55. The number of aryl methyl sites for hydroxylation is 1. The summed E-state index contributed by atoms with van der Waals surface area (Å²) in [7, 11) is 1.50. The molecule has 0 unspecified atom stereocenters. The average Bonchev–Trinajstić information content (AvgIpc) is 2.82. The van der Waals surface area contributed by atoms with Crippen molar-refractivity contribution < 1.29 is 14.1 Å². The molecule has 0 radical (unpaired) electrons. The van der Waals surface area contributed by atoms with Crippen molar-refractivity contribution in [3.63, 3.8) is 0 Å². The lowest BCUT2D eigenvalue weighted by molar-refractivity contribution is -0.384. The first-order valence-electron chi connectivity index (χ1n) is 5.59. The van der Waals surface area contributed by atoms with Gasteiger partial charge in [0.15, 0.2) is 0 Å². The summed E-state index contributed by atoms with van der Waals surface area (Å²) < 4.78 is 5.02. The molecule has 0 atom stereocenters. The molecule has 0 saturated carbocycles. The maximum atomic E-state index is 12.1. The van der Waals surface area contributed by atoms with Crippen LogP contribution in [0.15, 0.2) is 22.6 Å². The average molecular weight is 277 g/mol. The number of hydrogen-bond donors (Lipinski definition) is 2. The molecule has 1 aromatic carbocycles. The quantitative estimate of drug-likeness (QED) is 0.642. The van der Waals surface area contributed by atoms with E-state index in [2.05, 4.69) is 20.8 Å². The highest BCUT2D eigenvalue weighted by molar-refractivity contribution is 6.08. The van der Waals surface area contributed by atoms with Crippen LogP contribution in [0.3, 0.4) is 0 Å². The van der Waals surface area contributed by atoms with Crippen LogP contribution in [0, 0.1) is 17.0 Å². The molecule has 0 spiro atoms. The molecule has 0 aliphatic rings. The largest absolute Gasteiger partial charge is 0.408 e. The van der Waals surface area contributed by atoms with E-state index in [4.69, 9.17) is 4.42 Å². The lowest BCUT2D eigenvalue weighted by Crippen LogP contribution is -2.15. The van der Waals surface area contributed by atoms with Crippen molar-refractivity contribution in [1.82, 2.24) is 10.2 Å². The molecule has 104 valence electrons. The van der Waals surface area contributed by atoms with E-state index in [1.807, 2.05) is 0 Å². The van der Waals surface area contributed by atoms with Gasteiger partial charge in [0.25, 0.3) is 11.6 Å². The number of anilines is 2. The first kappa shape index (κ1) is 13.5. The number of nitrogens with one attached hydrogen (secondary N) is 2. The molecule has 0 fully saturated rings. The summed E-state index contributed by atoms with van der Waals surface area (Å²) in [4.78, 5) is 22.4. The lowest BCUT2D eigenvalue weighted by atomic mass is 10.1. The Morgan fingerprint density at radius 1 is 1.40 bits per heavy atom. The molecule has 9 heteroatoms. The molecule has 20 heavy (non-hydrogen) atoms. The van der Waals surface area contributed by atoms with Gasteiger partial charge in [-0.2, -0.15) is 0 Å². The Kier molecular flexibility index (Phi) is 3.60. The van der Waals surface area contributed by atoms with E-state index in [9.17, 15) is 14.9 Å². The molecular weight excluding hydrogens is 266 g/mol. The number of nitro benzene ring substituents is 1. The molecule has 0 bridgehead atoms. The Hall–Kier alpha value is -2.97. The van der Waals surface area contributed by atoms with Crippen LogP contribution in [-0.4, -0.2) is 28.1 Å². The summed E-state index contributed by atoms with van der Waals surface area (Å²) in [6.45, 7) is 1.58. The number of para-hydroxylation sites is 1. The minimum absolute atomic E-state index is 0.0685. The molecule has 1 amide bonds. The van der Waals surface area contributed by atoms with E-state index in [-0.39, 0.29) is 23.0 Å². The normalized spacial score (nSPS) is 10.1. The van der Waals surface area contributed by atoms with Crippen molar-refractivity contribution in [2.75, 3.05) is 17.7 Å². The third-order valence-corrected chi connectivity index (χ3v) is 2.48. The van der Waals surface area contributed by atoms with Gasteiger partial charge in [-0.15, -0.1) is 5.10 Å². The van der Waals surface area contributed by atoms with Crippen LogP contribution < -0.4 is 10.6 Å². The molecule has 2 rings (SSSR count). The van der Waals surface area contributed by atoms with Crippen molar-refractivity contribution in [1.29, 1.82) is 0 Å². The fourth-order valence-corrected chi connectivity index (χ4v) is 1.66. The smallest absolute Gasteiger partial charge is 0.322 e. The van der Waals surface area contributed by atoms with Gasteiger partial charge in [-0.3, -0.25) is 20.2 Å². The van der Waals surface area contributed by atoms with E-state index < -0.39 is 10.8 Å². The van der Waals surface area contributed by atoms with Crippen molar-refractivity contribution in [2.45, 2.75) is 6.92 Å². The second kappa shape index (κ2) is 5.34. The van der Waals surface area contributed by atoms with Crippen molar-refractivity contribution in [2.24, 2.45) is 0 Å². The number of aromatic nitrogens is 2. The Labute approximate surface area is 113 Å². The highest BCUT2D eigenvalue weighted by Crippen LogP contribution is 2.28. The first-order chi connectivity index (χ1) is 9.52. The van der Waals surface area contributed by atoms with Gasteiger partial charge in [-0.05, 0) is 6.07 Å². The molecule has 9 nitrogen and oxygen atoms in total. The van der Waals surface area contributed by atoms with Crippen molar-refractivity contribution in [3.8, 4) is 0 Å². The summed E-state index contributed by atoms with van der Waals surface area (Å²) in [6, 6.07) is 4.12. The topological polar surface area (TPSA) is 123 Å². The molecule has 2 N–H and O–H groups in total. The van der Waals surface area contributed by atoms with Crippen LogP contribution in [-0.2, 0) is 0 Å². The van der Waals surface area contributed by atoms with Crippen LogP contribution in [0.2, 0.25) is 0 Å². The molecule has 0 aliphatic heterocycles. The minimum atomic E-state index is -0.582. The monoisotopic (exact) mass is 277 g/mol. The SMILES string of the molecule is CNc1c(C(=O)Nc2nnc(C)o2)cccc1[N+](=O)[O-]. The maximum absolute atomic E-state index is 12.1. The van der Waals surface area contributed by atoms with E-state index in [0.717, 1.165) is 0 Å². The summed E-state index contributed by atoms with van der Waals surface area (Å²) in [6.07, 6.45) is 0. The van der Waals surface area contributed by atoms with Gasteiger partial charge < -0.3 is 9.73 Å². The Balaban J connectivity index is 2.34. The Morgan fingerprint density at radius 2 is 2.15 bits per heavy atom. The van der Waals surface area contributed by atoms with Gasteiger partial charge in [0.2, 0.25) is 5.89 Å². The summed E-state index contributed by atoms with van der Waals surface area (Å²) in [5.41, 5.74) is 0.0330. The zero-order chi connectivity index (χ0) is 14.7. The third-order valence-electron chi connectivity index (χ3n) is 2.48. The first-order valence-corrected chi connectivity index (χ1v) is 5.59. The van der Waals surface area contributed by atoms with E-state index >= 15 is 0 Å². The van der Waals surface area contributed by atoms with E-state index in [1.165, 1.54) is 25.2 Å². The van der Waals surface area contributed by atoms with Gasteiger partial charge in [0.05, 0.1) is 10.5 Å². The van der Waals surface area contributed by atoms with Crippen LogP contribution in [0.1, 0.15) is 16.2 Å². The lowest BCUT2D eigenvalue weighted by Gasteiger charge is -2.08. The van der Waals surface area contributed by atoms with Crippen molar-refractivity contribution in [3.05, 3.63) is 39.8 Å². The van der Waals surface area contributed by atoms with Crippen LogP contribution in [0.25, 0.3) is 0 Å². The molecule has 0 saturated heterocycles. The maximum Gasteiger partial charge on any atom is 0.322 e. The number of nitrogens with zero attached hydrogens (tertiary/aromatic N) is 3. The number of hydrogen-bond acceptors (Lipinski definition) is 7. The van der Waals surface area contributed by atoms with E-state index in [1.54, 1.807) is 6.92 Å². The Bertz CT molecular complexity index is 667. The van der Waals surface area contributed by atoms with Crippen molar-refractivity contribution >= 4 is 23.3 Å². The van der Waals surface area contributed by atoms with E-state index in [0.29, 0.717) is 5.89 Å². The number of rotatable bonds is 4. The fraction of sp³-hybridized carbons (Fsp3) is 0.182. The zero-order valence-corrected chi connectivity index (χ0v) is 10.7. The Morgan fingerprint density at radius 3 is 2.70 bits per heavy atom. The highest BCUT2D eigenvalue weighted by atomic mass is 16.6. The molecular formula is C11H11N5O4. The fourth-order valence-electron chi connectivity index (χ4n) is 1.66. The second-order valence-corrected chi connectivity index (χ2v) is 3.79. The summed E-state index contributed by atoms with van der Waals surface area (Å²) in [5, 5.41) is 23.1. The second-order valence-electron chi connectivity index (χ2n) is 3.79. The summed E-state index contributed by atoms with van der Waals surface area (Å²) >= 11 is 0. The van der Waals surface area contributed by atoms with Crippen LogP contribution >= 0.6 is 0 Å². The van der Waals surface area contributed by atoms with Gasteiger partial charge in [0, 0.05) is 20.0 Å². The summed E-state index contributed by atoms with van der Waals surface area (Å²) in [5.74, 6) is -0.283. The number of carbonyl (C=O) groups excluding carboxylic acids is 1.